The van der Waals surface area contributed by atoms with Crippen LogP contribution in [0.2, 0.25) is 0 Å². The molecule has 0 aliphatic heterocycles. The summed E-state index contributed by atoms with van der Waals surface area (Å²) < 4.78 is 0. The Labute approximate surface area is 207 Å². The summed E-state index contributed by atoms with van der Waals surface area (Å²) in [4.78, 5) is 14.6. The largest absolute Gasteiger partial charge is 0.208 e. The molecule has 3 heterocycles. The van der Waals surface area contributed by atoms with Gasteiger partial charge in [-0.3, -0.25) is 0 Å². The lowest BCUT2D eigenvalue weighted by Crippen LogP contribution is -2.00. The topological polar surface area (TPSA) is 90.2 Å². The third-order valence-electron chi connectivity index (χ3n) is 5.74. The molecule has 0 aliphatic rings. The van der Waals surface area contributed by atoms with Gasteiger partial charge in [0.2, 0.25) is 0 Å². The highest BCUT2D eigenvalue weighted by Crippen LogP contribution is 2.29. The van der Waals surface area contributed by atoms with Crippen LogP contribution in [0.15, 0.2) is 116 Å². The first kappa shape index (κ1) is 21.4. The highest BCUT2D eigenvalue weighted by Gasteiger charge is 2.13. The number of rotatable bonds is 5. The van der Waals surface area contributed by atoms with Crippen LogP contribution in [0.5, 0.6) is 0 Å². The highest BCUT2D eigenvalue weighted by molar-refractivity contribution is 5.74. The molecule has 0 fully saturated rings. The van der Waals surface area contributed by atoms with Gasteiger partial charge in [0.1, 0.15) is 0 Å². The number of aromatic nitrogens is 7. The van der Waals surface area contributed by atoms with Crippen LogP contribution in [0.1, 0.15) is 0 Å². The van der Waals surface area contributed by atoms with Crippen LogP contribution in [0.4, 0.5) is 0 Å². The molecule has 0 amide bonds. The van der Waals surface area contributed by atoms with E-state index in [9.17, 15) is 0 Å². The summed E-state index contributed by atoms with van der Waals surface area (Å²) in [6.45, 7) is 0. The molecular formula is C29H19N7. The maximum atomic E-state index is 4.89. The Kier molecular flexibility index (Phi) is 5.70. The summed E-state index contributed by atoms with van der Waals surface area (Å²) in [5, 5.41) is 15.8. The van der Waals surface area contributed by atoms with Crippen molar-refractivity contribution in [1.82, 2.24) is 35.3 Å². The normalized spacial score (nSPS) is 10.8. The Hall–Kier alpha value is -5.17. The molecule has 36 heavy (non-hydrogen) atoms. The van der Waals surface area contributed by atoms with Gasteiger partial charge in [0.15, 0.2) is 17.5 Å². The molecule has 0 unspecified atom stereocenters. The first-order chi connectivity index (χ1) is 17.8. The maximum Gasteiger partial charge on any atom is 0.164 e. The van der Waals surface area contributed by atoms with Crippen molar-refractivity contribution >= 4 is 0 Å². The quantitative estimate of drug-likeness (QED) is 0.318. The predicted octanol–water partition coefficient (Wildman–Crippen LogP) is 5.79. The summed E-state index contributed by atoms with van der Waals surface area (Å²) in [6, 6.07) is 30.0. The van der Waals surface area contributed by atoms with Crippen molar-refractivity contribution in [3.63, 3.8) is 0 Å². The second kappa shape index (κ2) is 9.60. The average molecular weight is 466 g/mol. The van der Waals surface area contributed by atoms with Gasteiger partial charge in [0.05, 0.1) is 24.8 Å². The van der Waals surface area contributed by atoms with Crippen molar-refractivity contribution in [3.8, 4) is 56.4 Å². The van der Waals surface area contributed by atoms with E-state index in [1.54, 1.807) is 24.8 Å². The molecule has 0 aliphatic carbocycles. The van der Waals surface area contributed by atoms with E-state index in [0.29, 0.717) is 17.5 Å². The van der Waals surface area contributed by atoms with Crippen molar-refractivity contribution in [2.24, 2.45) is 0 Å². The van der Waals surface area contributed by atoms with Gasteiger partial charge in [-0.2, -0.15) is 20.4 Å². The molecule has 0 saturated carbocycles. The second-order valence-corrected chi connectivity index (χ2v) is 8.10. The van der Waals surface area contributed by atoms with E-state index in [1.165, 1.54) is 0 Å². The van der Waals surface area contributed by atoms with Crippen LogP contribution in [0.3, 0.4) is 0 Å². The van der Waals surface area contributed by atoms with E-state index < -0.39 is 0 Å². The number of hydrogen-bond donors (Lipinski definition) is 0. The minimum Gasteiger partial charge on any atom is -0.208 e. The Balaban J connectivity index is 1.50. The number of benzene rings is 3. The molecule has 0 radical (unpaired) electrons. The Morgan fingerprint density at radius 1 is 0.333 bits per heavy atom. The van der Waals surface area contributed by atoms with Crippen molar-refractivity contribution in [1.29, 1.82) is 0 Å². The first-order valence-corrected chi connectivity index (χ1v) is 11.4. The van der Waals surface area contributed by atoms with E-state index >= 15 is 0 Å². The SMILES string of the molecule is c1ccc(-c2nc(-c3cccc(-c4ccnnc4)c3)nc(-c3cccc(-c4ccnnc4)c3)n2)cc1. The molecular weight excluding hydrogens is 446 g/mol. The first-order valence-electron chi connectivity index (χ1n) is 11.4. The molecule has 0 spiro atoms. The number of hydrogen-bond acceptors (Lipinski definition) is 7. The van der Waals surface area contributed by atoms with Crippen LogP contribution in [0.25, 0.3) is 56.4 Å². The molecule has 0 saturated heterocycles. The number of nitrogens with zero attached hydrogens (tertiary/aromatic N) is 7. The van der Waals surface area contributed by atoms with Crippen molar-refractivity contribution in [3.05, 3.63) is 116 Å². The van der Waals surface area contributed by atoms with Crippen LogP contribution in [0, 0.1) is 0 Å². The molecule has 0 bridgehead atoms. The molecule has 6 rings (SSSR count). The Bertz CT molecular complexity index is 1520. The third kappa shape index (κ3) is 4.45. The van der Waals surface area contributed by atoms with Gasteiger partial charge < -0.3 is 0 Å². The van der Waals surface area contributed by atoms with Crippen LogP contribution < -0.4 is 0 Å². The van der Waals surface area contributed by atoms with Gasteiger partial charge in [0, 0.05) is 27.8 Å². The summed E-state index contributed by atoms with van der Waals surface area (Å²) in [6.07, 6.45) is 6.85. The average Bonchev–Trinajstić information content (AvgIpc) is 2.98. The van der Waals surface area contributed by atoms with Gasteiger partial charge in [-0.15, -0.1) is 0 Å². The van der Waals surface area contributed by atoms with Gasteiger partial charge in [-0.05, 0) is 35.4 Å². The molecule has 3 aromatic carbocycles. The summed E-state index contributed by atoms with van der Waals surface area (Å²) in [5.41, 5.74) is 6.67. The minimum atomic E-state index is 0.596. The lowest BCUT2D eigenvalue weighted by molar-refractivity contribution is 1.03. The van der Waals surface area contributed by atoms with E-state index in [2.05, 4.69) is 32.5 Å². The fourth-order valence-corrected chi connectivity index (χ4v) is 3.95. The zero-order valence-electron chi connectivity index (χ0n) is 19.1. The Morgan fingerprint density at radius 2 is 0.778 bits per heavy atom. The molecule has 6 aromatic rings. The highest BCUT2D eigenvalue weighted by atomic mass is 15.1. The summed E-state index contributed by atoms with van der Waals surface area (Å²) in [7, 11) is 0. The third-order valence-corrected chi connectivity index (χ3v) is 5.74. The monoisotopic (exact) mass is 465 g/mol. The fourth-order valence-electron chi connectivity index (χ4n) is 3.95. The standard InChI is InChI=1S/C29H19N7/c1-2-6-20(7-3-1)27-34-28(23-10-4-8-21(16-23)25-12-14-30-32-18-25)36-29(35-27)24-11-5-9-22(17-24)26-13-15-31-33-19-26/h1-19H. The molecule has 170 valence electrons. The lowest BCUT2D eigenvalue weighted by atomic mass is 10.0. The van der Waals surface area contributed by atoms with Crippen LogP contribution in [-0.2, 0) is 0 Å². The van der Waals surface area contributed by atoms with Crippen LogP contribution in [-0.4, -0.2) is 35.3 Å². The molecule has 7 nitrogen and oxygen atoms in total. The van der Waals surface area contributed by atoms with Gasteiger partial charge in [-0.25, -0.2) is 15.0 Å². The maximum absolute atomic E-state index is 4.89. The summed E-state index contributed by atoms with van der Waals surface area (Å²) in [5.74, 6) is 1.81. The smallest absolute Gasteiger partial charge is 0.164 e. The molecule has 0 N–H and O–H groups in total. The van der Waals surface area contributed by atoms with E-state index in [-0.39, 0.29) is 0 Å². The lowest BCUT2D eigenvalue weighted by Gasteiger charge is -2.10. The van der Waals surface area contributed by atoms with E-state index in [4.69, 9.17) is 15.0 Å². The van der Waals surface area contributed by atoms with E-state index in [1.807, 2.05) is 78.9 Å². The zero-order chi connectivity index (χ0) is 24.2. The molecule has 3 aromatic heterocycles. The molecule has 7 heteroatoms. The van der Waals surface area contributed by atoms with Gasteiger partial charge in [0.25, 0.3) is 0 Å². The van der Waals surface area contributed by atoms with Crippen molar-refractivity contribution in [2.75, 3.05) is 0 Å². The van der Waals surface area contributed by atoms with Crippen molar-refractivity contribution < 1.29 is 0 Å². The second-order valence-electron chi connectivity index (χ2n) is 8.10. The fraction of sp³-hybridized carbons (Fsp3) is 0. The molecule has 0 atom stereocenters. The van der Waals surface area contributed by atoms with Crippen LogP contribution >= 0.6 is 0 Å². The minimum absolute atomic E-state index is 0.596. The van der Waals surface area contributed by atoms with E-state index in [0.717, 1.165) is 38.9 Å². The Morgan fingerprint density at radius 3 is 1.25 bits per heavy atom. The van der Waals surface area contributed by atoms with Gasteiger partial charge >= 0.3 is 0 Å². The zero-order valence-corrected chi connectivity index (χ0v) is 19.1. The van der Waals surface area contributed by atoms with Crippen molar-refractivity contribution in [2.45, 2.75) is 0 Å². The van der Waals surface area contributed by atoms with Gasteiger partial charge in [-0.1, -0.05) is 66.7 Å². The predicted molar refractivity (Wildman–Crippen MR) is 138 cm³/mol. The summed E-state index contributed by atoms with van der Waals surface area (Å²) >= 11 is 0.